The van der Waals surface area contributed by atoms with Crippen LogP contribution in [0.2, 0.25) is 10.2 Å². The summed E-state index contributed by atoms with van der Waals surface area (Å²) in [5.74, 6) is 0.582. The number of carbonyl (C=O) groups excluding carboxylic acids is 1. The fourth-order valence-electron chi connectivity index (χ4n) is 1.98. The summed E-state index contributed by atoms with van der Waals surface area (Å²) in [6.45, 7) is 0.992. The Bertz CT molecular complexity index is 703. The van der Waals surface area contributed by atoms with Gasteiger partial charge in [0.2, 0.25) is 0 Å². The fourth-order valence-corrected chi connectivity index (χ4v) is 2.38. The van der Waals surface area contributed by atoms with Crippen LogP contribution in [0.1, 0.15) is 15.9 Å². The van der Waals surface area contributed by atoms with E-state index in [2.05, 4.69) is 4.98 Å². The first-order chi connectivity index (χ1) is 10.6. The molecule has 7 heteroatoms. The summed E-state index contributed by atoms with van der Waals surface area (Å²) in [4.78, 5) is 15.7. The first kappa shape index (κ1) is 14.9. The number of fused-ring (bicyclic) bond motifs is 1. The molecule has 0 saturated carbocycles. The number of aromatic nitrogens is 1. The minimum Gasteiger partial charge on any atom is -0.486 e. The van der Waals surface area contributed by atoms with Gasteiger partial charge in [-0.15, -0.1) is 0 Å². The number of benzene rings is 1. The van der Waals surface area contributed by atoms with Gasteiger partial charge in [0.05, 0.1) is 10.6 Å². The average molecular weight is 340 g/mol. The van der Waals surface area contributed by atoms with Crippen molar-refractivity contribution in [1.82, 2.24) is 4.98 Å². The number of halogens is 2. The van der Waals surface area contributed by atoms with Crippen LogP contribution >= 0.6 is 23.2 Å². The molecule has 0 saturated heterocycles. The minimum absolute atomic E-state index is 0.0673. The van der Waals surface area contributed by atoms with Gasteiger partial charge in [0, 0.05) is 6.20 Å². The number of hydrogen-bond donors (Lipinski definition) is 0. The van der Waals surface area contributed by atoms with Crippen molar-refractivity contribution in [1.29, 1.82) is 0 Å². The van der Waals surface area contributed by atoms with Crippen LogP contribution in [0.3, 0.4) is 0 Å². The molecule has 0 radical (unpaired) electrons. The van der Waals surface area contributed by atoms with Crippen LogP contribution in [-0.2, 0) is 11.3 Å². The molecule has 1 aliphatic rings. The predicted octanol–water partition coefficient (Wildman–Crippen LogP) is 3.52. The van der Waals surface area contributed by atoms with Crippen LogP contribution in [0.15, 0.2) is 30.5 Å². The van der Waals surface area contributed by atoms with Crippen molar-refractivity contribution in [3.05, 3.63) is 51.8 Å². The molecule has 0 spiro atoms. The van der Waals surface area contributed by atoms with Gasteiger partial charge in [0.1, 0.15) is 25.0 Å². The van der Waals surface area contributed by atoms with Gasteiger partial charge in [-0.2, -0.15) is 0 Å². The van der Waals surface area contributed by atoms with E-state index in [4.69, 9.17) is 37.4 Å². The Morgan fingerprint density at radius 1 is 1.23 bits per heavy atom. The summed E-state index contributed by atoms with van der Waals surface area (Å²) in [5.41, 5.74) is 1.04. The molecule has 0 amide bonds. The fraction of sp³-hybridized carbons (Fsp3) is 0.200. The smallest absolute Gasteiger partial charge is 0.340 e. The Morgan fingerprint density at radius 3 is 2.82 bits per heavy atom. The van der Waals surface area contributed by atoms with Crippen molar-refractivity contribution in [2.75, 3.05) is 13.2 Å². The van der Waals surface area contributed by atoms with Crippen LogP contribution in [0.25, 0.3) is 0 Å². The lowest BCUT2D eigenvalue weighted by Gasteiger charge is -2.20. The van der Waals surface area contributed by atoms with Crippen molar-refractivity contribution >= 4 is 29.2 Å². The standard InChI is InChI=1S/C15H11Cl2NO4/c16-11-5-9(6-12-14(11)21-4-3-20-12)8-22-15(19)10-1-2-13(17)18-7-10/h1-2,5-7H,3-4,8H2. The first-order valence-corrected chi connectivity index (χ1v) is 7.26. The molecule has 3 rings (SSSR count). The van der Waals surface area contributed by atoms with Crippen LogP contribution in [-0.4, -0.2) is 24.2 Å². The van der Waals surface area contributed by atoms with E-state index in [1.54, 1.807) is 18.2 Å². The Labute approximate surface area is 136 Å². The second-order valence-electron chi connectivity index (χ2n) is 4.55. The lowest BCUT2D eigenvalue weighted by molar-refractivity contribution is 0.0471. The Hall–Kier alpha value is -1.98. The molecule has 1 aromatic carbocycles. The minimum atomic E-state index is -0.491. The number of esters is 1. The summed E-state index contributed by atoms with van der Waals surface area (Å²) >= 11 is 11.8. The molecule has 0 bridgehead atoms. The molecule has 114 valence electrons. The molecule has 1 aromatic heterocycles. The molecular weight excluding hydrogens is 329 g/mol. The summed E-state index contributed by atoms with van der Waals surface area (Å²) in [5, 5.41) is 0.742. The van der Waals surface area contributed by atoms with Crippen molar-refractivity contribution < 1.29 is 19.0 Å². The zero-order chi connectivity index (χ0) is 15.5. The van der Waals surface area contributed by atoms with Gasteiger partial charge >= 0.3 is 5.97 Å². The molecule has 2 heterocycles. The Morgan fingerprint density at radius 2 is 2.05 bits per heavy atom. The third-order valence-corrected chi connectivity index (χ3v) is 3.49. The van der Waals surface area contributed by atoms with Gasteiger partial charge in [0.15, 0.2) is 11.5 Å². The second-order valence-corrected chi connectivity index (χ2v) is 5.34. The summed E-state index contributed by atoms with van der Waals surface area (Å²) in [6.07, 6.45) is 1.36. The van der Waals surface area contributed by atoms with E-state index < -0.39 is 5.97 Å². The van der Waals surface area contributed by atoms with Gasteiger partial charge in [-0.3, -0.25) is 0 Å². The van der Waals surface area contributed by atoms with Gasteiger partial charge in [-0.05, 0) is 29.8 Å². The largest absolute Gasteiger partial charge is 0.486 e. The first-order valence-electron chi connectivity index (χ1n) is 6.50. The van der Waals surface area contributed by atoms with Crippen LogP contribution in [0.5, 0.6) is 11.5 Å². The van der Waals surface area contributed by atoms with E-state index in [9.17, 15) is 4.79 Å². The second kappa shape index (κ2) is 6.42. The molecule has 0 fully saturated rings. The molecule has 0 aliphatic carbocycles. The van der Waals surface area contributed by atoms with Gasteiger partial charge in [-0.1, -0.05) is 23.2 Å². The lowest BCUT2D eigenvalue weighted by atomic mass is 10.2. The highest BCUT2D eigenvalue weighted by molar-refractivity contribution is 6.32. The zero-order valence-corrected chi connectivity index (χ0v) is 12.9. The Kier molecular flexibility index (Phi) is 4.36. The van der Waals surface area contributed by atoms with Crippen molar-refractivity contribution in [2.45, 2.75) is 6.61 Å². The van der Waals surface area contributed by atoms with Crippen LogP contribution in [0, 0.1) is 0 Å². The van der Waals surface area contributed by atoms with E-state index in [-0.39, 0.29) is 6.61 Å². The van der Waals surface area contributed by atoms with E-state index >= 15 is 0 Å². The molecule has 5 nitrogen and oxygen atoms in total. The lowest BCUT2D eigenvalue weighted by Crippen LogP contribution is -2.16. The highest BCUT2D eigenvalue weighted by Gasteiger charge is 2.17. The predicted molar refractivity (Wildman–Crippen MR) is 80.8 cm³/mol. The summed E-state index contributed by atoms with van der Waals surface area (Å²) in [7, 11) is 0. The number of pyridine rings is 1. The average Bonchev–Trinajstić information content (AvgIpc) is 2.53. The highest BCUT2D eigenvalue weighted by atomic mass is 35.5. The monoisotopic (exact) mass is 339 g/mol. The molecule has 0 atom stereocenters. The number of ether oxygens (including phenoxy) is 3. The Balaban J connectivity index is 1.70. The molecule has 2 aromatic rings. The maximum Gasteiger partial charge on any atom is 0.340 e. The SMILES string of the molecule is O=C(OCc1cc(Cl)c2c(c1)OCCO2)c1ccc(Cl)nc1. The third kappa shape index (κ3) is 3.26. The molecule has 22 heavy (non-hydrogen) atoms. The normalized spacial score (nSPS) is 12.8. The number of nitrogens with zero attached hydrogens (tertiary/aromatic N) is 1. The third-order valence-electron chi connectivity index (χ3n) is 2.99. The van der Waals surface area contributed by atoms with E-state index in [1.807, 2.05) is 0 Å². The summed E-state index contributed by atoms with van der Waals surface area (Å²) in [6, 6.07) is 6.50. The maximum atomic E-state index is 11.9. The molecule has 0 unspecified atom stereocenters. The van der Waals surface area contributed by atoms with E-state index in [0.29, 0.717) is 46.0 Å². The molecular formula is C15H11Cl2NO4. The maximum absolute atomic E-state index is 11.9. The van der Waals surface area contributed by atoms with Crippen molar-refractivity contribution in [2.24, 2.45) is 0 Å². The van der Waals surface area contributed by atoms with Gasteiger partial charge in [0.25, 0.3) is 0 Å². The quantitative estimate of drug-likeness (QED) is 0.632. The van der Waals surface area contributed by atoms with Crippen LogP contribution < -0.4 is 9.47 Å². The number of hydrogen-bond acceptors (Lipinski definition) is 5. The van der Waals surface area contributed by atoms with Crippen molar-refractivity contribution in [3.63, 3.8) is 0 Å². The van der Waals surface area contributed by atoms with Crippen molar-refractivity contribution in [3.8, 4) is 11.5 Å². The molecule has 0 N–H and O–H groups in total. The summed E-state index contributed by atoms with van der Waals surface area (Å²) < 4.78 is 16.1. The van der Waals surface area contributed by atoms with Gasteiger partial charge < -0.3 is 14.2 Å². The van der Waals surface area contributed by atoms with E-state index in [0.717, 1.165) is 0 Å². The van der Waals surface area contributed by atoms with Crippen LogP contribution in [0.4, 0.5) is 0 Å². The zero-order valence-electron chi connectivity index (χ0n) is 11.3. The molecule has 1 aliphatic heterocycles. The number of carbonyl (C=O) groups is 1. The van der Waals surface area contributed by atoms with Gasteiger partial charge in [-0.25, -0.2) is 9.78 Å². The highest BCUT2D eigenvalue weighted by Crippen LogP contribution is 2.38. The van der Waals surface area contributed by atoms with E-state index in [1.165, 1.54) is 12.3 Å². The number of rotatable bonds is 3. The topological polar surface area (TPSA) is 57.7 Å².